The molecule has 3 heterocycles. The molecule has 1 aromatic carbocycles. The van der Waals surface area contributed by atoms with Crippen LogP contribution in [0.1, 0.15) is 29.5 Å². The number of anilines is 2. The Kier molecular flexibility index (Phi) is 6.17. The summed E-state index contributed by atoms with van der Waals surface area (Å²) in [5.41, 5.74) is 0.745. The summed E-state index contributed by atoms with van der Waals surface area (Å²) in [5.74, 6) is -2.06. The van der Waals surface area contributed by atoms with Gasteiger partial charge in [0.15, 0.2) is 11.9 Å². The van der Waals surface area contributed by atoms with Gasteiger partial charge in [-0.1, -0.05) is 13.0 Å². The number of hydrogen-bond donors (Lipinski definition) is 2. The zero-order valence-corrected chi connectivity index (χ0v) is 17.8. The third kappa shape index (κ3) is 4.20. The minimum atomic E-state index is -0.756. The lowest BCUT2D eigenvalue weighted by Gasteiger charge is -2.36. The zero-order valence-electron chi connectivity index (χ0n) is 17.8. The Bertz CT molecular complexity index is 1040. The molecule has 32 heavy (non-hydrogen) atoms. The Morgan fingerprint density at radius 1 is 1.28 bits per heavy atom. The second-order valence-corrected chi connectivity index (χ2v) is 7.63. The molecule has 0 unspecified atom stereocenters. The summed E-state index contributed by atoms with van der Waals surface area (Å²) in [6.07, 6.45) is 1.19. The summed E-state index contributed by atoms with van der Waals surface area (Å²) in [6, 6.07) is 3.34. The molecule has 1 saturated heterocycles. The van der Waals surface area contributed by atoms with Crippen LogP contribution in [0.2, 0.25) is 0 Å². The molecule has 4 rings (SSSR count). The SMILES string of the molecule is CC[C@@H]1Oc2ccc(CN3CCN(c4cnc(C(=O)NC)nc4F)CC3)c(F)c2NC1=O. The van der Waals surface area contributed by atoms with E-state index in [-0.39, 0.29) is 23.1 Å². The van der Waals surface area contributed by atoms with E-state index in [9.17, 15) is 14.0 Å². The highest BCUT2D eigenvalue weighted by atomic mass is 19.1. The van der Waals surface area contributed by atoms with Crippen LogP contribution in [0.15, 0.2) is 18.3 Å². The number of ether oxygens (including phenoxy) is 1. The number of hydrogen-bond acceptors (Lipinski definition) is 7. The first-order valence-corrected chi connectivity index (χ1v) is 10.4. The van der Waals surface area contributed by atoms with Gasteiger partial charge in [0.25, 0.3) is 11.8 Å². The van der Waals surface area contributed by atoms with Crippen molar-refractivity contribution in [3.05, 3.63) is 41.5 Å². The van der Waals surface area contributed by atoms with E-state index in [0.717, 1.165) is 0 Å². The molecule has 1 aromatic heterocycles. The Morgan fingerprint density at radius 2 is 2.03 bits per heavy atom. The summed E-state index contributed by atoms with van der Waals surface area (Å²) in [5, 5.41) is 4.96. The minimum absolute atomic E-state index is 0.0752. The predicted molar refractivity (Wildman–Crippen MR) is 113 cm³/mol. The second-order valence-electron chi connectivity index (χ2n) is 7.63. The molecule has 170 valence electrons. The molecule has 9 nitrogen and oxygen atoms in total. The van der Waals surface area contributed by atoms with Crippen molar-refractivity contribution in [2.75, 3.05) is 43.4 Å². The molecular formula is C21H24F2N6O3. The summed E-state index contributed by atoms with van der Waals surface area (Å²) < 4.78 is 35.0. The third-order valence-electron chi connectivity index (χ3n) is 5.63. The van der Waals surface area contributed by atoms with E-state index in [1.807, 2.05) is 11.8 Å². The molecule has 0 spiro atoms. The van der Waals surface area contributed by atoms with Gasteiger partial charge in [0.2, 0.25) is 11.8 Å². The summed E-state index contributed by atoms with van der Waals surface area (Å²) in [6.45, 7) is 4.28. The van der Waals surface area contributed by atoms with E-state index in [2.05, 4.69) is 20.6 Å². The molecule has 1 atom stereocenters. The van der Waals surface area contributed by atoms with E-state index >= 15 is 4.39 Å². The Labute approximate surface area is 183 Å². The quantitative estimate of drug-likeness (QED) is 0.673. The molecule has 1 fully saturated rings. The maximum absolute atomic E-state index is 15.0. The van der Waals surface area contributed by atoms with Crippen LogP contribution < -0.4 is 20.3 Å². The average molecular weight is 446 g/mol. The van der Waals surface area contributed by atoms with Gasteiger partial charge in [0.1, 0.15) is 17.1 Å². The van der Waals surface area contributed by atoms with Gasteiger partial charge >= 0.3 is 0 Å². The monoisotopic (exact) mass is 446 g/mol. The number of carbonyl (C=O) groups excluding carboxylic acids is 2. The fraction of sp³-hybridized carbons (Fsp3) is 0.429. The predicted octanol–water partition coefficient (Wildman–Crippen LogP) is 1.55. The number of nitrogens with zero attached hydrogens (tertiary/aromatic N) is 4. The highest BCUT2D eigenvalue weighted by molar-refractivity contribution is 5.98. The maximum Gasteiger partial charge on any atom is 0.288 e. The van der Waals surface area contributed by atoms with Crippen molar-refractivity contribution >= 4 is 23.2 Å². The molecular weight excluding hydrogens is 422 g/mol. The van der Waals surface area contributed by atoms with Crippen LogP contribution in [0.4, 0.5) is 20.2 Å². The Hall–Kier alpha value is -3.34. The number of carbonyl (C=O) groups is 2. The number of benzene rings is 1. The first-order valence-electron chi connectivity index (χ1n) is 10.4. The highest BCUT2D eigenvalue weighted by Gasteiger charge is 2.30. The Balaban J connectivity index is 1.40. The summed E-state index contributed by atoms with van der Waals surface area (Å²) >= 11 is 0. The van der Waals surface area contributed by atoms with Crippen LogP contribution in [0.25, 0.3) is 0 Å². The van der Waals surface area contributed by atoms with Gasteiger partial charge in [0.05, 0.1) is 6.20 Å². The van der Waals surface area contributed by atoms with E-state index in [4.69, 9.17) is 4.74 Å². The number of halogens is 2. The van der Waals surface area contributed by atoms with Gasteiger partial charge in [-0.05, 0) is 12.5 Å². The van der Waals surface area contributed by atoms with Crippen molar-refractivity contribution in [1.82, 2.24) is 20.2 Å². The number of rotatable bonds is 5. The van der Waals surface area contributed by atoms with Crippen LogP contribution in [0, 0.1) is 11.8 Å². The van der Waals surface area contributed by atoms with E-state index in [1.165, 1.54) is 13.2 Å². The van der Waals surface area contributed by atoms with Crippen LogP contribution >= 0.6 is 0 Å². The number of fused-ring (bicyclic) bond motifs is 1. The molecule has 0 saturated carbocycles. The van der Waals surface area contributed by atoms with E-state index < -0.39 is 23.8 Å². The summed E-state index contributed by atoms with van der Waals surface area (Å²) in [7, 11) is 1.42. The first-order chi connectivity index (χ1) is 15.4. The normalized spacial score (nSPS) is 18.6. The second kappa shape index (κ2) is 9.03. The lowest BCUT2D eigenvalue weighted by molar-refractivity contribution is -0.123. The van der Waals surface area contributed by atoms with Gasteiger partial charge in [0, 0.05) is 45.3 Å². The van der Waals surface area contributed by atoms with Gasteiger partial charge in [-0.2, -0.15) is 9.37 Å². The van der Waals surface area contributed by atoms with Crippen LogP contribution in [0.5, 0.6) is 5.75 Å². The molecule has 0 radical (unpaired) electrons. The zero-order chi connectivity index (χ0) is 22.8. The average Bonchev–Trinajstić information content (AvgIpc) is 2.81. The topological polar surface area (TPSA) is 99.7 Å². The lowest BCUT2D eigenvalue weighted by atomic mass is 10.1. The molecule has 2 N–H and O–H groups in total. The largest absolute Gasteiger partial charge is 0.478 e. The van der Waals surface area contributed by atoms with E-state index in [0.29, 0.717) is 50.5 Å². The minimum Gasteiger partial charge on any atom is -0.478 e. The molecule has 2 aliphatic rings. The standard InChI is InChI=1S/C21H24F2N6O3/c1-3-14-20(30)26-17-15(32-14)5-4-12(16(17)22)11-28-6-8-29(9-7-28)13-10-25-19(21(31)24-2)27-18(13)23/h4-5,10,14H,3,6-9,11H2,1-2H3,(H,24,31)(H,26,30)/t14-/m0/s1. The van der Waals surface area contributed by atoms with Crippen molar-refractivity contribution < 1.29 is 23.1 Å². The molecule has 0 aliphatic carbocycles. The van der Waals surface area contributed by atoms with Crippen molar-refractivity contribution in [2.45, 2.75) is 26.0 Å². The van der Waals surface area contributed by atoms with Crippen molar-refractivity contribution in [3.63, 3.8) is 0 Å². The van der Waals surface area contributed by atoms with Gasteiger partial charge in [-0.15, -0.1) is 0 Å². The number of amides is 2. The van der Waals surface area contributed by atoms with Crippen LogP contribution in [0.3, 0.4) is 0 Å². The Morgan fingerprint density at radius 3 is 2.69 bits per heavy atom. The number of piperazine rings is 1. The smallest absolute Gasteiger partial charge is 0.288 e. The first kappa shape index (κ1) is 21.9. The number of nitrogens with one attached hydrogen (secondary N) is 2. The van der Waals surface area contributed by atoms with Gasteiger partial charge in [-0.25, -0.2) is 9.37 Å². The third-order valence-corrected chi connectivity index (χ3v) is 5.63. The molecule has 2 aliphatic heterocycles. The van der Waals surface area contributed by atoms with Crippen molar-refractivity contribution in [1.29, 1.82) is 0 Å². The van der Waals surface area contributed by atoms with Crippen molar-refractivity contribution in [3.8, 4) is 5.75 Å². The fourth-order valence-corrected chi connectivity index (χ4v) is 3.79. The molecule has 11 heteroatoms. The molecule has 2 amide bonds. The van der Waals surface area contributed by atoms with Crippen molar-refractivity contribution in [2.24, 2.45) is 0 Å². The van der Waals surface area contributed by atoms with E-state index in [1.54, 1.807) is 17.0 Å². The fourth-order valence-electron chi connectivity index (χ4n) is 3.79. The molecule has 2 aromatic rings. The van der Waals surface area contributed by atoms with Crippen LogP contribution in [-0.2, 0) is 11.3 Å². The number of aromatic nitrogens is 2. The maximum atomic E-state index is 15.0. The van der Waals surface area contributed by atoms with Gasteiger partial charge < -0.3 is 20.3 Å². The molecule has 0 bridgehead atoms. The lowest BCUT2D eigenvalue weighted by Crippen LogP contribution is -2.46. The van der Waals surface area contributed by atoms with Gasteiger partial charge in [-0.3, -0.25) is 14.5 Å². The summed E-state index contributed by atoms with van der Waals surface area (Å²) in [4.78, 5) is 35.0. The van der Waals surface area contributed by atoms with Crippen LogP contribution in [-0.4, -0.2) is 66.0 Å². The highest BCUT2D eigenvalue weighted by Crippen LogP contribution is 2.35.